The predicted octanol–water partition coefficient (Wildman–Crippen LogP) is 2.03. The van der Waals surface area contributed by atoms with Gasteiger partial charge >= 0.3 is 0 Å². The van der Waals surface area contributed by atoms with Crippen LogP contribution < -0.4 is 10.3 Å². The molecule has 138 valence electrons. The van der Waals surface area contributed by atoms with Gasteiger partial charge in [-0.15, -0.1) is 0 Å². The van der Waals surface area contributed by atoms with E-state index in [-0.39, 0.29) is 22.8 Å². The van der Waals surface area contributed by atoms with E-state index in [4.69, 9.17) is 0 Å². The Kier molecular flexibility index (Phi) is 4.35. The standard InChI is InChI=1S/C20H19FN4O2/c1-23-16-8-4-2-6-14(16)19(26)18(22-23)20(27)25-12-10-24(11-13-25)17-9-5-3-7-15(17)21/h2-9H,10-13H2,1H3. The Morgan fingerprint density at radius 1 is 1.00 bits per heavy atom. The minimum absolute atomic E-state index is 0.0736. The zero-order valence-electron chi connectivity index (χ0n) is 14.9. The third-order valence-corrected chi connectivity index (χ3v) is 4.92. The quantitative estimate of drug-likeness (QED) is 0.696. The van der Waals surface area contributed by atoms with Gasteiger partial charge in [-0.1, -0.05) is 24.3 Å². The fourth-order valence-corrected chi connectivity index (χ4v) is 3.47. The molecule has 0 aliphatic carbocycles. The molecule has 0 bridgehead atoms. The van der Waals surface area contributed by atoms with Crippen LogP contribution in [0.3, 0.4) is 0 Å². The van der Waals surface area contributed by atoms with E-state index in [9.17, 15) is 14.0 Å². The average molecular weight is 366 g/mol. The number of rotatable bonds is 2. The molecule has 1 fully saturated rings. The lowest BCUT2D eigenvalue weighted by molar-refractivity contribution is 0.0737. The summed E-state index contributed by atoms with van der Waals surface area (Å²) < 4.78 is 15.5. The third-order valence-electron chi connectivity index (χ3n) is 4.92. The minimum Gasteiger partial charge on any atom is -0.366 e. The smallest absolute Gasteiger partial charge is 0.278 e. The van der Waals surface area contributed by atoms with Gasteiger partial charge in [-0.3, -0.25) is 14.3 Å². The van der Waals surface area contributed by atoms with Crippen molar-refractivity contribution in [2.45, 2.75) is 0 Å². The molecule has 0 spiro atoms. The van der Waals surface area contributed by atoms with Crippen molar-refractivity contribution in [3.63, 3.8) is 0 Å². The topological polar surface area (TPSA) is 58.4 Å². The highest BCUT2D eigenvalue weighted by Gasteiger charge is 2.27. The Hall–Kier alpha value is -3.22. The highest BCUT2D eigenvalue weighted by molar-refractivity contribution is 5.95. The van der Waals surface area contributed by atoms with Crippen LogP contribution in [0.1, 0.15) is 10.5 Å². The van der Waals surface area contributed by atoms with Gasteiger partial charge in [0, 0.05) is 38.6 Å². The van der Waals surface area contributed by atoms with Crippen LogP contribution in [0.4, 0.5) is 10.1 Å². The van der Waals surface area contributed by atoms with Gasteiger partial charge in [0.2, 0.25) is 5.43 Å². The maximum absolute atomic E-state index is 14.0. The van der Waals surface area contributed by atoms with Gasteiger partial charge in [0.15, 0.2) is 5.69 Å². The van der Waals surface area contributed by atoms with Gasteiger partial charge in [-0.05, 0) is 24.3 Å². The molecule has 1 saturated heterocycles. The first-order valence-corrected chi connectivity index (χ1v) is 8.81. The first-order valence-electron chi connectivity index (χ1n) is 8.81. The molecule has 1 aliphatic rings. The second-order valence-corrected chi connectivity index (χ2v) is 6.55. The van der Waals surface area contributed by atoms with Gasteiger partial charge in [-0.25, -0.2) is 4.39 Å². The normalized spacial score (nSPS) is 14.6. The van der Waals surface area contributed by atoms with Crippen LogP contribution >= 0.6 is 0 Å². The van der Waals surface area contributed by atoms with Crippen molar-refractivity contribution in [3.05, 3.63) is 70.3 Å². The minimum atomic E-state index is -0.380. The van der Waals surface area contributed by atoms with Crippen molar-refractivity contribution in [2.75, 3.05) is 31.1 Å². The largest absolute Gasteiger partial charge is 0.366 e. The van der Waals surface area contributed by atoms with Crippen molar-refractivity contribution in [3.8, 4) is 0 Å². The monoisotopic (exact) mass is 366 g/mol. The highest BCUT2D eigenvalue weighted by atomic mass is 19.1. The molecule has 0 saturated carbocycles. The number of benzene rings is 2. The number of hydrogen-bond donors (Lipinski definition) is 0. The fraction of sp³-hybridized carbons (Fsp3) is 0.250. The van der Waals surface area contributed by atoms with E-state index >= 15 is 0 Å². The molecule has 7 heteroatoms. The van der Waals surface area contributed by atoms with Gasteiger partial charge < -0.3 is 9.80 Å². The lowest BCUT2D eigenvalue weighted by atomic mass is 10.1. The number of para-hydroxylation sites is 2. The van der Waals surface area contributed by atoms with E-state index in [2.05, 4.69) is 5.10 Å². The molecule has 2 heterocycles. The number of anilines is 1. The second-order valence-electron chi connectivity index (χ2n) is 6.55. The lowest BCUT2D eigenvalue weighted by Crippen LogP contribution is -2.50. The number of aromatic nitrogens is 2. The van der Waals surface area contributed by atoms with Crippen LogP contribution in [0.2, 0.25) is 0 Å². The Morgan fingerprint density at radius 3 is 2.41 bits per heavy atom. The van der Waals surface area contributed by atoms with E-state index < -0.39 is 0 Å². The van der Waals surface area contributed by atoms with Crippen molar-refractivity contribution >= 4 is 22.5 Å². The van der Waals surface area contributed by atoms with Crippen LogP contribution in [0.25, 0.3) is 10.9 Å². The van der Waals surface area contributed by atoms with E-state index in [0.29, 0.717) is 42.8 Å². The molecule has 0 unspecified atom stereocenters. The van der Waals surface area contributed by atoms with Gasteiger partial charge in [0.1, 0.15) is 5.82 Å². The van der Waals surface area contributed by atoms with E-state index in [1.807, 2.05) is 11.0 Å². The Morgan fingerprint density at radius 2 is 1.67 bits per heavy atom. The number of nitrogens with zero attached hydrogens (tertiary/aromatic N) is 4. The molecule has 4 rings (SSSR count). The summed E-state index contributed by atoms with van der Waals surface area (Å²) in [4.78, 5) is 29.1. The van der Waals surface area contributed by atoms with Gasteiger partial charge in [-0.2, -0.15) is 5.10 Å². The third kappa shape index (κ3) is 3.05. The number of hydrogen-bond acceptors (Lipinski definition) is 4. The molecule has 6 nitrogen and oxygen atoms in total. The summed E-state index contributed by atoms with van der Waals surface area (Å²) in [6.45, 7) is 1.82. The van der Waals surface area contributed by atoms with Crippen LogP contribution in [0.5, 0.6) is 0 Å². The maximum Gasteiger partial charge on any atom is 0.278 e. The van der Waals surface area contributed by atoms with Crippen LogP contribution in [-0.2, 0) is 7.05 Å². The molecule has 0 N–H and O–H groups in total. The maximum atomic E-state index is 14.0. The van der Waals surface area contributed by atoms with Crippen molar-refractivity contribution in [1.29, 1.82) is 0 Å². The zero-order valence-corrected chi connectivity index (χ0v) is 14.9. The lowest BCUT2D eigenvalue weighted by Gasteiger charge is -2.36. The van der Waals surface area contributed by atoms with E-state index in [1.165, 1.54) is 6.07 Å². The summed E-state index contributed by atoms with van der Waals surface area (Å²) in [6.07, 6.45) is 0. The van der Waals surface area contributed by atoms with E-state index in [1.54, 1.807) is 53.0 Å². The second kappa shape index (κ2) is 6.83. The molecule has 1 aliphatic heterocycles. The average Bonchev–Trinajstić information content (AvgIpc) is 2.71. The van der Waals surface area contributed by atoms with Crippen molar-refractivity contribution in [2.24, 2.45) is 7.05 Å². The molecular weight excluding hydrogens is 347 g/mol. The molecule has 0 radical (unpaired) electrons. The Balaban J connectivity index is 1.57. The Labute approximate surface area is 155 Å². The summed E-state index contributed by atoms with van der Waals surface area (Å²) in [5, 5.41) is 4.68. The zero-order chi connectivity index (χ0) is 19.0. The molecule has 1 aromatic heterocycles. The first-order chi connectivity index (χ1) is 13.1. The number of fused-ring (bicyclic) bond motifs is 1. The molecule has 2 aromatic carbocycles. The number of carbonyl (C=O) groups excluding carboxylic acids is 1. The van der Waals surface area contributed by atoms with Crippen LogP contribution in [0, 0.1) is 5.82 Å². The number of amides is 1. The SMILES string of the molecule is Cn1nc(C(=O)N2CCN(c3ccccc3F)CC2)c(=O)c2ccccc21. The molecule has 27 heavy (non-hydrogen) atoms. The highest BCUT2D eigenvalue weighted by Crippen LogP contribution is 2.20. The summed E-state index contributed by atoms with van der Waals surface area (Å²) in [5.74, 6) is -0.656. The summed E-state index contributed by atoms with van der Waals surface area (Å²) >= 11 is 0. The molecular formula is C20H19FN4O2. The van der Waals surface area contributed by atoms with Gasteiger partial charge in [0.25, 0.3) is 5.91 Å². The fourth-order valence-electron chi connectivity index (χ4n) is 3.47. The van der Waals surface area contributed by atoms with Crippen molar-refractivity contribution in [1.82, 2.24) is 14.7 Å². The van der Waals surface area contributed by atoms with E-state index in [0.717, 1.165) is 0 Å². The van der Waals surface area contributed by atoms with Crippen LogP contribution in [0.15, 0.2) is 53.3 Å². The van der Waals surface area contributed by atoms with Crippen LogP contribution in [-0.4, -0.2) is 46.8 Å². The first kappa shape index (κ1) is 17.2. The summed E-state index contributed by atoms with van der Waals surface area (Å²) in [6, 6.07) is 13.7. The molecule has 1 amide bonds. The number of piperazine rings is 1. The molecule has 3 aromatic rings. The summed E-state index contributed by atoms with van der Waals surface area (Å²) in [7, 11) is 1.72. The Bertz CT molecular complexity index is 1070. The number of carbonyl (C=O) groups is 1. The molecule has 0 atom stereocenters. The summed E-state index contributed by atoms with van der Waals surface area (Å²) in [5.41, 5.74) is 0.786. The number of halogens is 1. The number of aryl methyl sites for hydroxylation is 1. The van der Waals surface area contributed by atoms with Gasteiger partial charge in [0.05, 0.1) is 11.2 Å². The van der Waals surface area contributed by atoms with Crippen molar-refractivity contribution < 1.29 is 9.18 Å². The predicted molar refractivity (Wildman–Crippen MR) is 102 cm³/mol.